The SMILES string of the molecule is COc1ccc(-c2cc(C(=O)Nc3ccc(CCN(C)Cc4ccc(OC)c(OC)c4)cc3)c3ccccc3n2)cc1. The van der Waals surface area contributed by atoms with Crippen LogP contribution in [0.3, 0.4) is 0 Å². The van der Waals surface area contributed by atoms with Crippen molar-refractivity contribution in [2.75, 3.05) is 40.2 Å². The van der Waals surface area contributed by atoms with E-state index in [1.807, 2.05) is 78.9 Å². The molecule has 7 heteroatoms. The normalized spacial score (nSPS) is 11.0. The number of pyridine rings is 1. The third-order valence-electron chi connectivity index (χ3n) is 7.24. The fourth-order valence-corrected chi connectivity index (χ4v) is 4.92. The van der Waals surface area contributed by atoms with Crippen molar-refractivity contribution in [3.8, 4) is 28.5 Å². The molecule has 214 valence electrons. The van der Waals surface area contributed by atoms with Crippen LogP contribution in [0.15, 0.2) is 97.1 Å². The van der Waals surface area contributed by atoms with Gasteiger partial charge in [0.2, 0.25) is 0 Å². The molecule has 0 saturated heterocycles. The number of hydrogen-bond acceptors (Lipinski definition) is 6. The second-order valence-electron chi connectivity index (χ2n) is 10.1. The number of carbonyl (C=O) groups is 1. The van der Waals surface area contributed by atoms with E-state index in [4.69, 9.17) is 19.2 Å². The molecule has 0 aliphatic heterocycles. The Kier molecular flexibility index (Phi) is 8.99. The molecule has 1 N–H and O–H groups in total. The number of rotatable bonds is 11. The van der Waals surface area contributed by atoms with E-state index in [1.54, 1.807) is 21.3 Å². The Morgan fingerprint density at radius 1 is 0.786 bits per heavy atom. The van der Waals surface area contributed by atoms with Gasteiger partial charge >= 0.3 is 0 Å². The lowest BCUT2D eigenvalue weighted by molar-refractivity contribution is 0.102. The van der Waals surface area contributed by atoms with Gasteiger partial charge in [-0.15, -0.1) is 0 Å². The number of nitrogens with one attached hydrogen (secondary N) is 1. The van der Waals surface area contributed by atoms with Crippen LogP contribution in [0.4, 0.5) is 5.69 Å². The molecule has 0 atom stereocenters. The van der Waals surface area contributed by atoms with E-state index in [2.05, 4.69) is 35.5 Å². The number of likely N-dealkylation sites (N-methyl/N-ethyl adjacent to an activating group) is 1. The molecule has 0 unspecified atom stereocenters. The van der Waals surface area contributed by atoms with Crippen LogP contribution in [0.5, 0.6) is 17.2 Å². The molecule has 0 saturated carbocycles. The summed E-state index contributed by atoms with van der Waals surface area (Å²) in [4.78, 5) is 20.6. The third kappa shape index (κ3) is 6.70. The monoisotopic (exact) mass is 561 g/mol. The van der Waals surface area contributed by atoms with Gasteiger partial charge in [0.05, 0.1) is 38.1 Å². The fraction of sp³-hybridized carbons (Fsp3) is 0.200. The maximum atomic E-state index is 13.5. The van der Waals surface area contributed by atoms with Crippen molar-refractivity contribution in [3.63, 3.8) is 0 Å². The van der Waals surface area contributed by atoms with Crippen molar-refractivity contribution in [1.29, 1.82) is 0 Å². The van der Waals surface area contributed by atoms with Crippen LogP contribution >= 0.6 is 0 Å². The number of ether oxygens (including phenoxy) is 3. The van der Waals surface area contributed by atoms with Gasteiger partial charge in [0.25, 0.3) is 5.91 Å². The maximum absolute atomic E-state index is 13.5. The van der Waals surface area contributed by atoms with Gasteiger partial charge in [-0.05, 0) is 85.3 Å². The zero-order valence-corrected chi connectivity index (χ0v) is 24.4. The van der Waals surface area contributed by atoms with Crippen molar-refractivity contribution < 1.29 is 19.0 Å². The van der Waals surface area contributed by atoms with Crippen LogP contribution in [-0.2, 0) is 13.0 Å². The first-order chi connectivity index (χ1) is 20.5. The predicted molar refractivity (Wildman–Crippen MR) is 168 cm³/mol. The van der Waals surface area contributed by atoms with Gasteiger partial charge in [0.1, 0.15) is 5.75 Å². The van der Waals surface area contributed by atoms with Crippen LogP contribution in [0.25, 0.3) is 22.2 Å². The number of benzene rings is 4. The lowest BCUT2D eigenvalue weighted by Crippen LogP contribution is -2.20. The zero-order chi connectivity index (χ0) is 29.5. The summed E-state index contributed by atoms with van der Waals surface area (Å²) in [6, 6.07) is 31.3. The molecule has 0 fully saturated rings. The Morgan fingerprint density at radius 3 is 2.21 bits per heavy atom. The summed E-state index contributed by atoms with van der Waals surface area (Å²) < 4.78 is 16.0. The second-order valence-corrected chi connectivity index (χ2v) is 10.1. The molecule has 5 aromatic rings. The van der Waals surface area contributed by atoms with Gasteiger partial charge in [-0.1, -0.05) is 36.4 Å². The minimum absolute atomic E-state index is 0.175. The summed E-state index contributed by atoms with van der Waals surface area (Å²) in [5, 5.41) is 3.88. The highest BCUT2D eigenvalue weighted by Crippen LogP contribution is 2.29. The van der Waals surface area contributed by atoms with Crippen molar-refractivity contribution >= 4 is 22.5 Å². The van der Waals surface area contributed by atoms with Gasteiger partial charge in [0, 0.05) is 29.7 Å². The van der Waals surface area contributed by atoms with Gasteiger partial charge < -0.3 is 24.4 Å². The van der Waals surface area contributed by atoms with E-state index >= 15 is 0 Å². The molecule has 7 nitrogen and oxygen atoms in total. The van der Waals surface area contributed by atoms with E-state index in [0.29, 0.717) is 5.56 Å². The second kappa shape index (κ2) is 13.2. The topological polar surface area (TPSA) is 72.9 Å². The minimum Gasteiger partial charge on any atom is -0.497 e. The first kappa shape index (κ1) is 28.6. The third-order valence-corrected chi connectivity index (χ3v) is 7.24. The molecule has 1 heterocycles. The highest BCUT2D eigenvalue weighted by molar-refractivity contribution is 6.13. The number of methoxy groups -OCH3 is 3. The van der Waals surface area contributed by atoms with Crippen molar-refractivity contribution in [3.05, 3.63) is 114 Å². The Hall–Kier alpha value is -4.88. The molecule has 0 aliphatic carbocycles. The Balaban J connectivity index is 1.24. The maximum Gasteiger partial charge on any atom is 0.256 e. The highest BCUT2D eigenvalue weighted by Gasteiger charge is 2.15. The lowest BCUT2D eigenvalue weighted by Gasteiger charge is -2.18. The van der Waals surface area contributed by atoms with E-state index in [9.17, 15) is 4.79 Å². The number of carbonyl (C=O) groups excluding carboxylic acids is 1. The molecule has 0 radical (unpaired) electrons. The number of nitrogens with zero attached hydrogens (tertiary/aromatic N) is 2. The van der Waals surface area contributed by atoms with E-state index in [-0.39, 0.29) is 5.91 Å². The van der Waals surface area contributed by atoms with Crippen LogP contribution in [-0.4, -0.2) is 50.7 Å². The summed E-state index contributed by atoms with van der Waals surface area (Å²) in [5.74, 6) is 2.06. The number of amides is 1. The van der Waals surface area contributed by atoms with Crippen molar-refractivity contribution in [2.24, 2.45) is 0 Å². The molecule has 1 amide bonds. The first-order valence-corrected chi connectivity index (χ1v) is 13.8. The minimum atomic E-state index is -0.175. The van der Waals surface area contributed by atoms with Gasteiger partial charge in [-0.3, -0.25) is 4.79 Å². The predicted octanol–water partition coefficient (Wildman–Crippen LogP) is 6.85. The van der Waals surface area contributed by atoms with Crippen LogP contribution < -0.4 is 19.5 Å². The number of para-hydroxylation sites is 1. The summed E-state index contributed by atoms with van der Waals surface area (Å²) in [5.41, 5.74) is 6.09. The highest BCUT2D eigenvalue weighted by atomic mass is 16.5. The summed E-state index contributed by atoms with van der Waals surface area (Å²) in [6.45, 7) is 1.68. The van der Waals surface area contributed by atoms with Crippen LogP contribution in [0.2, 0.25) is 0 Å². The fourth-order valence-electron chi connectivity index (χ4n) is 4.92. The molecule has 1 aromatic heterocycles. The lowest BCUT2D eigenvalue weighted by atomic mass is 10.0. The molecule has 5 rings (SSSR count). The smallest absolute Gasteiger partial charge is 0.256 e. The molecular formula is C35H35N3O4. The number of anilines is 1. The molecule has 0 aliphatic rings. The van der Waals surface area contributed by atoms with Gasteiger partial charge in [-0.25, -0.2) is 4.98 Å². The molecule has 0 bridgehead atoms. The Morgan fingerprint density at radius 2 is 1.50 bits per heavy atom. The first-order valence-electron chi connectivity index (χ1n) is 13.8. The van der Waals surface area contributed by atoms with E-state index in [1.165, 1.54) is 5.56 Å². The molecular weight excluding hydrogens is 526 g/mol. The summed E-state index contributed by atoms with van der Waals surface area (Å²) >= 11 is 0. The largest absolute Gasteiger partial charge is 0.497 e. The summed E-state index contributed by atoms with van der Waals surface area (Å²) in [6.07, 6.45) is 0.887. The standard InChI is InChI=1S/C35H35N3O4/c1-38(23-25-11-18-33(41-3)34(21-25)42-4)20-19-24-9-14-27(15-10-24)36-35(39)30-22-32(26-12-16-28(40-2)17-13-26)37-31-8-6-5-7-29(30)31/h5-18,21-22H,19-20,23H2,1-4H3,(H,36,39). The van der Waals surface area contributed by atoms with E-state index in [0.717, 1.165) is 70.2 Å². The number of aromatic nitrogens is 1. The van der Waals surface area contributed by atoms with Crippen LogP contribution in [0, 0.1) is 0 Å². The Bertz CT molecular complexity index is 1670. The van der Waals surface area contributed by atoms with Crippen molar-refractivity contribution in [1.82, 2.24) is 9.88 Å². The molecule has 42 heavy (non-hydrogen) atoms. The number of hydrogen-bond donors (Lipinski definition) is 1. The van der Waals surface area contributed by atoms with Crippen molar-refractivity contribution in [2.45, 2.75) is 13.0 Å². The zero-order valence-electron chi connectivity index (χ0n) is 24.4. The quantitative estimate of drug-likeness (QED) is 0.190. The molecule has 4 aromatic carbocycles. The Labute approximate surface area is 246 Å². The average Bonchev–Trinajstić information content (AvgIpc) is 3.03. The molecule has 0 spiro atoms. The van der Waals surface area contributed by atoms with Crippen LogP contribution in [0.1, 0.15) is 21.5 Å². The van der Waals surface area contributed by atoms with E-state index < -0.39 is 0 Å². The summed E-state index contributed by atoms with van der Waals surface area (Å²) in [7, 11) is 7.03. The van der Waals surface area contributed by atoms with Gasteiger partial charge in [-0.2, -0.15) is 0 Å². The average molecular weight is 562 g/mol. The van der Waals surface area contributed by atoms with Gasteiger partial charge in [0.15, 0.2) is 11.5 Å². The number of fused-ring (bicyclic) bond motifs is 1.